The summed E-state index contributed by atoms with van der Waals surface area (Å²) in [5.74, 6) is -0.154. The topological polar surface area (TPSA) is 85.2 Å². The number of carbonyl (C=O) groups is 1. The number of hydrogen-bond acceptors (Lipinski definition) is 5. The Morgan fingerprint density at radius 3 is 2.77 bits per heavy atom. The van der Waals surface area contributed by atoms with Gasteiger partial charge in [0.1, 0.15) is 12.2 Å². The molecule has 5 atom stereocenters. The van der Waals surface area contributed by atoms with Gasteiger partial charge in [-0.05, 0) is 25.7 Å². The van der Waals surface area contributed by atoms with Crippen LogP contribution < -0.4 is 0 Å². The predicted molar refractivity (Wildman–Crippen MR) is 97.4 cm³/mol. The van der Waals surface area contributed by atoms with Crippen LogP contribution in [-0.2, 0) is 19.5 Å². The van der Waals surface area contributed by atoms with Crippen LogP contribution in [-0.4, -0.2) is 34.6 Å². The van der Waals surface area contributed by atoms with E-state index in [1.54, 1.807) is 0 Å². The van der Waals surface area contributed by atoms with Crippen molar-refractivity contribution in [3.05, 3.63) is 24.3 Å². The largest absolute Gasteiger partial charge is 0.481 e. The van der Waals surface area contributed by atoms with Crippen molar-refractivity contribution in [1.29, 1.82) is 0 Å². The van der Waals surface area contributed by atoms with Crippen molar-refractivity contribution in [2.75, 3.05) is 0 Å². The second-order valence-corrected chi connectivity index (χ2v) is 7.26. The quantitative estimate of drug-likeness (QED) is 0.215. The van der Waals surface area contributed by atoms with Gasteiger partial charge in [-0.15, -0.1) is 0 Å². The maximum atomic E-state index is 10.5. The van der Waals surface area contributed by atoms with Crippen LogP contribution in [0.3, 0.4) is 0 Å². The number of aliphatic carboxylic acids is 1. The van der Waals surface area contributed by atoms with Crippen molar-refractivity contribution in [1.82, 2.24) is 0 Å². The monoisotopic (exact) mass is 368 g/mol. The van der Waals surface area contributed by atoms with Crippen LogP contribution in [0.2, 0.25) is 0 Å². The molecule has 1 aliphatic heterocycles. The Morgan fingerprint density at radius 2 is 2.04 bits per heavy atom. The number of rotatable bonds is 13. The minimum Gasteiger partial charge on any atom is -0.481 e. The zero-order valence-electron chi connectivity index (χ0n) is 15.6. The Labute approximate surface area is 155 Å². The van der Waals surface area contributed by atoms with Gasteiger partial charge in [0, 0.05) is 24.7 Å². The molecule has 0 amide bonds. The highest BCUT2D eigenvalue weighted by Crippen LogP contribution is 2.44. The highest BCUT2D eigenvalue weighted by atomic mass is 17.2. The first kappa shape index (κ1) is 21.1. The first-order valence-corrected chi connectivity index (χ1v) is 9.83. The van der Waals surface area contributed by atoms with E-state index >= 15 is 0 Å². The fourth-order valence-corrected chi connectivity index (χ4v) is 3.79. The SMILES string of the molecule is CCCCC[C@H](/C=C/[C@@H]1[C@H](CC=CCCCC(=O)O)[C@@H]2C[C@H]1OO2)OO. The van der Waals surface area contributed by atoms with Crippen molar-refractivity contribution in [3.8, 4) is 0 Å². The summed E-state index contributed by atoms with van der Waals surface area (Å²) in [6.07, 6.45) is 15.7. The molecule has 0 unspecified atom stereocenters. The molecule has 0 aromatic rings. The molecule has 6 nitrogen and oxygen atoms in total. The van der Waals surface area contributed by atoms with Crippen LogP contribution in [0.25, 0.3) is 0 Å². The third-order valence-corrected chi connectivity index (χ3v) is 5.28. The fraction of sp³-hybridized carbons (Fsp3) is 0.750. The maximum absolute atomic E-state index is 10.5. The van der Waals surface area contributed by atoms with E-state index in [0.717, 1.165) is 44.9 Å². The zero-order valence-corrected chi connectivity index (χ0v) is 15.6. The molecule has 0 spiro atoms. The summed E-state index contributed by atoms with van der Waals surface area (Å²) in [6, 6.07) is 0. The molecule has 0 radical (unpaired) electrons. The molecule has 2 fully saturated rings. The lowest BCUT2D eigenvalue weighted by Gasteiger charge is -2.27. The lowest BCUT2D eigenvalue weighted by Crippen LogP contribution is -2.29. The lowest BCUT2D eigenvalue weighted by molar-refractivity contribution is -0.336. The minimum atomic E-state index is -0.748. The van der Waals surface area contributed by atoms with Crippen LogP contribution in [0.4, 0.5) is 0 Å². The number of carboxylic acid groups (broad SMARTS) is 1. The van der Waals surface area contributed by atoms with Gasteiger partial charge in [0.15, 0.2) is 0 Å². The molecule has 26 heavy (non-hydrogen) atoms. The number of fused-ring (bicyclic) bond motifs is 2. The van der Waals surface area contributed by atoms with Crippen LogP contribution in [0.5, 0.6) is 0 Å². The first-order chi connectivity index (χ1) is 12.7. The van der Waals surface area contributed by atoms with E-state index in [4.69, 9.17) is 20.1 Å². The summed E-state index contributed by atoms with van der Waals surface area (Å²) in [4.78, 5) is 25.9. The second kappa shape index (κ2) is 11.5. The van der Waals surface area contributed by atoms with Gasteiger partial charge < -0.3 is 5.11 Å². The van der Waals surface area contributed by atoms with Crippen molar-refractivity contribution in [2.45, 2.75) is 83.0 Å². The van der Waals surface area contributed by atoms with Gasteiger partial charge in [0.25, 0.3) is 0 Å². The molecular weight excluding hydrogens is 336 g/mol. The molecule has 148 valence electrons. The van der Waals surface area contributed by atoms with E-state index in [0.29, 0.717) is 12.3 Å². The van der Waals surface area contributed by atoms with E-state index in [1.807, 2.05) is 6.08 Å². The molecule has 2 bridgehead atoms. The van der Waals surface area contributed by atoms with Crippen LogP contribution >= 0.6 is 0 Å². The Kier molecular flexibility index (Phi) is 9.32. The molecule has 1 heterocycles. The maximum Gasteiger partial charge on any atom is 0.303 e. The Bertz CT molecular complexity index is 475. The molecule has 1 saturated carbocycles. The summed E-state index contributed by atoms with van der Waals surface area (Å²) >= 11 is 0. The van der Waals surface area contributed by atoms with Crippen molar-refractivity contribution in [2.24, 2.45) is 11.8 Å². The highest BCUT2D eigenvalue weighted by Gasteiger charge is 2.49. The van der Waals surface area contributed by atoms with Crippen molar-refractivity contribution >= 4 is 5.97 Å². The smallest absolute Gasteiger partial charge is 0.303 e. The highest BCUT2D eigenvalue weighted by molar-refractivity contribution is 5.66. The molecular formula is C20H32O6. The van der Waals surface area contributed by atoms with Crippen LogP contribution in [0.15, 0.2) is 24.3 Å². The van der Waals surface area contributed by atoms with Gasteiger partial charge in [-0.1, -0.05) is 50.5 Å². The van der Waals surface area contributed by atoms with Gasteiger partial charge in [-0.3, -0.25) is 10.1 Å². The van der Waals surface area contributed by atoms with Gasteiger partial charge >= 0.3 is 5.97 Å². The van der Waals surface area contributed by atoms with Gasteiger partial charge in [0.05, 0.1) is 6.10 Å². The normalized spacial score (nSPS) is 29.2. The fourth-order valence-electron chi connectivity index (χ4n) is 3.79. The standard InChI is InChI=1S/C20H32O6/c1-2-3-6-9-15(24-23)12-13-17-16(18-14-19(17)26-25-18)10-7-4-5-8-11-20(21)22/h4,7,12-13,15-19,23H,2-3,5-6,8-11,14H2,1H3,(H,21,22)/b7-4?,13-12+/t15-,16+,17-,18+,19-/m1/s1. The molecule has 0 aromatic heterocycles. The van der Waals surface area contributed by atoms with E-state index in [2.05, 4.69) is 30.0 Å². The summed E-state index contributed by atoms with van der Waals surface area (Å²) in [5, 5.41) is 17.8. The molecule has 6 heteroatoms. The second-order valence-electron chi connectivity index (χ2n) is 7.26. The van der Waals surface area contributed by atoms with Crippen molar-refractivity contribution in [3.63, 3.8) is 0 Å². The number of unbranched alkanes of at least 4 members (excludes halogenated alkanes) is 3. The van der Waals surface area contributed by atoms with Crippen LogP contribution in [0.1, 0.15) is 64.7 Å². The van der Waals surface area contributed by atoms with E-state index in [1.165, 1.54) is 0 Å². The summed E-state index contributed by atoms with van der Waals surface area (Å²) < 4.78 is 0. The Morgan fingerprint density at radius 1 is 1.23 bits per heavy atom. The third kappa shape index (κ3) is 6.50. The summed E-state index contributed by atoms with van der Waals surface area (Å²) in [6.45, 7) is 2.15. The number of hydrogen-bond donors (Lipinski definition) is 2. The Hall–Kier alpha value is -1.21. The lowest BCUT2D eigenvalue weighted by atomic mass is 9.89. The van der Waals surface area contributed by atoms with E-state index in [-0.39, 0.29) is 30.7 Å². The van der Waals surface area contributed by atoms with Crippen molar-refractivity contribution < 1.29 is 29.8 Å². The average molecular weight is 368 g/mol. The Balaban J connectivity index is 1.82. The average Bonchev–Trinajstić information content (AvgIpc) is 3.22. The number of allylic oxidation sites excluding steroid dienone is 2. The first-order valence-electron chi connectivity index (χ1n) is 9.83. The van der Waals surface area contributed by atoms with E-state index in [9.17, 15) is 4.79 Å². The molecule has 2 aliphatic rings. The molecule has 1 aliphatic carbocycles. The summed E-state index contributed by atoms with van der Waals surface area (Å²) in [5.41, 5.74) is 0. The van der Waals surface area contributed by atoms with Gasteiger partial charge in [-0.2, -0.15) is 0 Å². The minimum absolute atomic E-state index is 0.0663. The number of carboxylic acids is 1. The molecule has 2 N–H and O–H groups in total. The van der Waals surface area contributed by atoms with Gasteiger partial charge in [-0.25, -0.2) is 14.7 Å². The zero-order chi connectivity index (χ0) is 18.8. The molecule has 1 saturated heterocycles. The third-order valence-electron chi connectivity index (χ3n) is 5.28. The van der Waals surface area contributed by atoms with Gasteiger partial charge in [0.2, 0.25) is 0 Å². The summed E-state index contributed by atoms with van der Waals surface area (Å²) in [7, 11) is 0. The molecule has 2 rings (SSSR count). The van der Waals surface area contributed by atoms with Crippen LogP contribution in [0, 0.1) is 11.8 Å². The molecule has 0 aromatic carbocycles. The van der Waals surface area contributed by atoms with E-state index < -0.39 is 5.97 Å². The predicted octanol–water partition coefficient (Wildman–Crippen LogP) is 4.52.